The van der Waals surface area contributed by atoms with Gasteiger partial charge in [-0.15, -0.1) is 0 Å². The average Bonchev–Trinajstić information content (AvgIpc) is 2.30. The molecule has 0 aromatic rings. The van der Waals surface area contributed by atoms with Crippen LogP contribution in [0.5, 0.6) is 0 Å². The second-order valence-electron chi connectivity index (χ2n) is 3.57. The van der Waals surface area contributed by atoms with Gasteiger partial charge < -0.3 is 22.5 Å². The highest BCUT2D eigenvalue weighted by molar-refractivity contribution is 5.81. The van der Waals surface area contributed by atoms with Crippen molar-refractivity contribution in [3.63, 3.8) is 0 Å². The Morgan fingerprint density at radius 1 is 1.24 bits per heavy atom. The molecule has 0 saturated carbocycles. The molecule has 0 saturated heterocycles. The van der Waals surface area contributed by atoms with E-state index in [2.05, 4.69) is 30.6 Å². The van der Waals surface area contributed by atoms with Crippen LogP contribution >= 0.6 is 0 Å². The fraction of sp³-hybridized carbons (Fsp3) is 0.769. The van der Waals surface area contributed by atoms with E-state index >= 15 is 0 Å². The van der Waals surface area contributed by atoms with E-state index in [0.717, 1.165) is 6.08 Å². The quantitative estimate of drug-likeness (QED) is 0.344. The molecule has 0 rings (SSSR count). The normalized spacial score (nSPS) is 8.41. The van der Waals surface area contributed by atoms with E-state index in [0.29, 0.717) is 6.61 Å². The van der Waals surface area contributed by atoms with Crippen molar-refractivity contribution in [1.82, 2.24) is 0 Å². The van der Waals surface area contributed by atoms with Crippen LogP contribution in [0.3, 0.4) is 0 Å². The van der Waals surface area contributed by atoms with Crippen molar-refractivity contribution in [2.45, 2.75) is 46.0 Å². The number of carbonyl (C=O) groups excluding carboxylic acids is 1. The second kappa shape index (κ2) is 20.8. The minimum Gasteiger partial charge on any atom is -1.00 e. The minimum absolute atomic E-state index is 0. The Balaban J connectivity index is -0.000000224. The first kappa shape index (κ1) is 21.7. The molecule has 0 aromatic carbocycles. The molecule has 0 fully saturated rings. The van der Waals surface area contributed by atoms with Crippen LogP contribution in [0, 0.1) is 0 Å². The van der Waals surface area contributed by atoms with Gasteiger partial charge in [0.25, 0.3) is 0 Å². The largest absolute Gasteiger partial charge is 1.00 e. The van der Waals surface area contributed by atoms with Gasteiger partial charge in [-0.2, -0.15) is 0 Å². The summed E-state index contributed by atoms with van der Waals surface area (Å²) in [6.45, 7) is 8.94. The highest BCUT2D eigenvalue weighted by atomic mass is 35.5. The average molecular weight is 266 g/mol. The van der Waals surface area contributed by atoms with Gasteiger partial charge in [-0.3, -0.25) is 0 Å². The number of quaternary nitrogens is 1. The van der Waals surface area contributed by atoms with Crippen molar-refractivity contribution >= 4 is 5.97 Å². The third kappa shape index (κ3) is 25.6. The summed E-state index contributed by atoms with van der Waals surface area (Å²) in [5.74, 6) is -0.359. The fourth-order valence-corrected chi connectivity index (χ4v) is 1.15. The van der Waals surface area contributed by atoms with Crippen LogP contribution in [0.4, 0.5) is 0 Å². The van der Waals surface area contributed by atoms with E-state index in [4.69, 9.17) is 0 Å². The van der Waals surface area contributed by atoms with Crippen molar-refractivity contribution in [2.24, 2.45) is 0 Å². The lowest BCUT2D eigenvalue weighted by Gasteiger charge is -1.95. The number of unbranched alkanes of at least 4 members (excludes halogenated alkanes) is 4. The van der Waals surface area contributed by atoms with Crippen LogP contribution in [-0.4, -0.2) is 26.2 Å². The number of nitrogens with two attached hydrogens (primary N) is 1. The highest BCUT2D eigenvalue weighted by Gasteiger charge is 1.87. The van der Waals surface area contributed by atoms with Crippen molar-refractivity contribution in [3.05, 3.63) is 12.7 Å². The molecule has 0 heterocycles. The van der Waals surface area contributed by atoms with Crippen molar-refractivity contribution in [3.8, 4) is 0 Å². The van der Waals surface area contributed by atoms with Crippen LogP contribution in [-0.2, 0) is 9.53 Å². The zero-order valence-corrected chi connectivity index (χ0v) is 12.3. The Hall–Kier alpha value is -0.540. The lowest BCUT2D eigenvalue weighted by molar-refractivity contribution is -0.627. The molecule has 104 valence electrons. The molecule has 0 aliphatic rings. The summed E-state index contributed by atoms with van der Waals surface area (Å²) in [7, 11) is 2.14. The Labute approximate surface area is 112 Å². The third-order valence-electron chi connectivity index (χ3n) is 2.05. The highest BCUT2D eigenvalue weighted by Crippen LogP contribution is 1.99. The molecular weight excluding hydrogens is 238 g/mol. The zero-order chi connectivity index (χ0) is 12.6. The van der Waals surface area contributed by atoms with E-state index in [1.807, 2.05) is 0 Å². The number of rotatable bonds is 8. The number of esters is 1. The van der Waals surface area contributed by atoms with E-state index < -0.39 is 0 Å². The maximum atomic E-state index is 10.1. The van der Waals surface area contributed by atoms with Gasteiger partial charge in [-0.1, -0.05) is 32.8 Å². The summed E-state index contributed by atoms with van der Waals surface area (Å²) < 4.78 is 4.43. The molecule has 0 aliphatic heterocycles. The number of ether oxygens (including phenoxy) is 1. The van der Waals surface area contributed by atoms with Gasteiger partial charge in [0, 0.05) is 6.08 Å². The van der Waals surface area contributed by atoms with Gasteiger partial charge in [-0.25, -0.2) is 4.79 Å². The van der Waals surface area contributed by atoms with E-state index in [1.165, 1.54) is 38.6 Å². The van der Waals surface area contributed by atoms with Crippen LogP contribution in [0.15, 0.2) is 12.7 Å². The van der Waals surface area contributed by atoms with Gasteiger partial charge >= 0.3 is 5.97 Å². The molecule has 0 aromatic heterocycles. The Morgan fingerprint density at radius 2 is 1.82 bits per heavy atom. The standard InChI is InChI=1S/C8H19N.C5H8O2.ClH/c1-3-4-5-6-7-8-9-2;1-3-5(6)7-4-2;/h9H,3-8H2,1-2H3;3H,1,4H2,2H3;1H. The fourth-order valence-electron chi connectivity index (χ4n) is 1.15. The molecule has 17 heavy (non-hydrogen) atoms. The van der Waals surface area contributed by atoms with Crippen molar-refractivity contribution < 1.29 is 27.3 Å². The summed E-state index contributed by atoms with van der Waals surface area (Å²) in [6, 6.07) is 0. The van der Waals surface area contributed by atoms with Crippen molar-refractivity contribution in [1.29, 1.82) is 0 Å². The van der Waals surface area contributed by atoms with Gasteiger partial charge in [0.05, 0.1) is 20.2 Å². The maximum absolute atomic E-state index is 10.1. The first-order valence-corrected chi connectivity index (χ1v) is 6.29. The summed E-state index contributed by atoms with van der Waals surface area (Å²) in [6.07, 6.45) is 8.18. The molecule has 0 amide bonds. The topological polar surface area (TPSA) is 42.9 Å². The minimum atomic E-state index is -0.359. The Bertz CT molecular complexity index is 157. The zero-order valence-electron chi connectivity index (χ0n) is 11.5. The smallest absolute Gasteiger partial charge is 0.330 e. The number of hydrogen-bond donors (Lipinski definition) is 1. The first-order chi connectivity index (χ1) is 7.72. The van der Waals surface area contributed by atoms with Gasteiger partial charge in [0.1, 0.15) is 0 Å². The summed E-state index contributed by atoms with van der Waals surface area (Å²) in [5.41, 5.74) is 0. The van der Waals surface area contributed by atoms with Crippen LogP contribution < -0.4 is 17.7 Å². The summed E-state index contributed by atoms with van der Waals surface area (Å²) >= 11 is 0. The monoisotopic (exact) mass is 265 g/mol. The lowest BCUT2D eigenvalue weighted by atomic mass is 10.1. The third-order valence-corrected chi connectivity index (χ3v) is 2.05. The molecule has 0 unspecified atom stereocenters. The van der Waals surface area contributed by atoms with E-state index in [1.54, 1.807) is 6.92 Å². The number of carbonyl (C=O) groups is 1. The Morgan fingerprint density at radius 3 is 2.18 bits per heavy atom. The van der Waals surface area contributed by atoms with Crippen LogP contribution in [0.2, 0.25) is 0 Å². The predicted octanol–water partition coefficient (Wildman–Crippen LogP) is -1.11. The molecule has 4 heteroatoms. The molecular formula is C13H28ClNO2. The predicted molar refractivity (Wildman–Crippen MR) is 68.3 cm³/mol. The van der Waals surface area contributed by atoms with Crippen molar-refractivity contribution in [2.75, 3.05) is 20.2 Å². The van der Waals surface area contributed by atoms with Gasteiger partial charge in [0.2, 0.25) is 0 Å². The van der Waals surface area contributed by atoms with Gasteiger partial charge in [-0.05, 0) is 19.8 Å². The summed E-state index contributed by atoms with van der Waals surface area (Å²) in [5, 5.41) is 2.26. The SMILES string of the molecule is C=CC(=O)OCC.CCCCCCC[NH2+]C.[Cl-]. The van der Waals surface area contributed by atoms with Gasteiger partial charge in [0.15, 0.2) is 0 Å². The van der Waals surface area contributed by atoms with E-state index in [-0.39, 0.29) is 18.4 Å². The molecule has 0 radical (unpaired) electrons. The first-order valence-electron chi connectivity index (χ1n) is 6.29. The molecule has 2 N–H and O–H groups in total. The number of halogens is 1. The molecule has 0 bridgehead atoms. The van der Waals surface area contributed by atoms with Crippen LogP contribution in [0.25, 0.3) is 0 Å². The molecule has 0 aliphatic carbocycles. The molecule has 3 nitrogen and oxygen atoms in total. The molecule has 0 spiro atoms. The molecule has 0 atom stereocenters. The lowest BCUT2D eigenvalue weighted by Crippen LogP contribution is -3.00. The maximum Gasteiger partial charge on any atom is 0.330 e. The number of hydrogen-bond acceptors (Lipinski definition) is 2. The second-order valence-corrected chi connectivity index (χ2v) is 3.57. The summed E-state index contributed by atoms with van der Waals surface area (Å²) in [4.78, 5) is 10.1. The van der Waals surface area contributed by atoms with E-state index in [9.17, 15) is 4.79 Å². The van der Waals surface area contributed by atoms with Crippen LogP contribution in [0.1, 0.15) is 46.0 Å². The Kier molecular flexibility index (Phi) is 26.6.